The number of benzene rings is 1. The lowest BCUT2D eigenvalue weighted by molar-refractivity contribution is -0.138. The standard InChI is InChI=1S/C34H44N6O2/c1-22(33(41)42)30-23(2)37-24(3)31(32(30)39-16-11-34(4,5)12-17-39)26-8-9-27-20-40(15-10-25(27)18-26)29-19-28(35-21-36-29)38-13-6-7-14-38/h8-9,18-19,21-22H,6-7,10-17,20H2,1-5H3,(H,41,42)/t22-/m0/s1. The second kappa shape index (κ2) is 11.2. The van der Waals surface area contributed by atoms with Crippen LogP contribution in [0.15, 0.2) is 30.6 Å². The van der Waals surface area contributed by atoms with Gasteiger partial charge in [-0.3, -0.25) is 9.78 Å². The van der Waals surface area contributed by atoms with Gasteiger partial charge in [0.05, 0.1) is 11.6 Å². The van der Waals surface area contributed by atoms with E-state index in [-0.39, 0.29) is 0 Å². The highest BCUT2D eigenvalue weighted by Gasteiger charge is 2.33. The minimum atomic E-state index is -0.809. The van der Waals surface area contributed by atoms with Crippen LogP contribution in [0.5, 0.6) is 0 Å². The molecule has 1 N–H and O–H groups in total. The summed E-state index contributed by atoms with van der Waals surface area (Å²) in [4.78, 5) is 33.5. The minimum Gasteiger partial charge on any atom is -0.481 e. The number of hydrogen-bond donors (Lipinski definition) is 1. The van der Waals surface area contributed by atoms with Crippen LogP contribution >= 0.6 is 0 Å². The molecule has 3 aliphatic heterocycles. The van der Waals surface area contributed by atoms with Crippen molar-refractivity contribution in [2.75, 3.05) is 47.4 Å². The fraction of sp³-hybridized carbons (Fsp3) is 0.529. The lowest BCUT2D eigenvalue weighted by atomic mass is 9.81. The molecule has 0 amide bonds. The summed E-state index contributed by atoms with van der Waals surface area (Å²) in [5, 5.41) is 10.1. The zero-order valence-corrected chi connectivity index (χ0v) is 25.8. The molecule has 8 nitrogen and oxygen atoms in total. The molecule has 2 aromatic heterocycles. The second-order valence-electron chi connectivity index (χ2n) is 13.2. The van der Waals surface area contributed by atoms with Crippen molar-refractivity contribution in [2.45, 2.75) is 79.2 Å². The molecule has 3 aromatic rings. The number of aryl methyl sites for hydroxylation is 2. The van der Waals surface area contributed by atoms with Crippen LogP contribution in [0.1, 0.15) is 80.5 Å². The average molecular weight is 569 g/mol. The molecule has 1 aromatic carbocycles. The molecule has 6 rings (SSSR count). The Balaban J connectivity index is 1.35. The zero-order chi connectivity index (χ0) is 29.6. The third-order valence-electron chi connectivity index (χ3n) is 9.72. The van der Waals surface area contributed by atoms with E-state index in [0.29, 0.717) is 5.41 Å². The smallest absolute Gasteiger partial charge is 0.310 e. The fourth-order valence-electron chi connectivity index (χ4n) is 7.03. The van der Waals surface area contributed by atoms with Crippen LogP contribution in [-0.2, 0) is 17.8 Å². The van der Waals surface area contributed by atoms with E-state index >= 15 is 0 Å². The molecule has 0 bridgehead atoms. The van der Waals surface area contributed by atoms with Gasteiger partial charge in [0.25, 0.3) is 0 Å². The number of hydrogen-bond acceptors (Lipinski definition) is 7. The number of piperidine rings is 1. The number of pyridine rings is 1. The predicted molar refractivity (Wildman–Crippen MR) is 169 cm³/mol. The van der Waals surface area contributed by atoms with Gasteiger partial charge in [-0.15, -0.1) is 0 Å². The van der Waals surface area contributed by atoms with Crippen LogP contribution < -0.4 is 14.7 Å². The lowest BCUT2D eigenvalue weighted by Crippen LogP contribution is -2.38. The normalized spacial score (nSPS) is 19.1. The maximum Gasteiger partial charge on any atom is 0.310 e. The third kappa shape index (κ3) is 5.43. The molecule has 2 saturated heterocycles. The van der Waals surface area contributed by atoms with Crippen LogP contribution in [0.2, 0.25) is 0 Å². The van der Waals surface area contributed by atoms with Gasteiger partial charge in [-0.05, 0) is 75.0 Å². The van der Waals surface area contributed by atoms with Crippen LogP contribution in [-0.4, -0.2) is 58.8 Å². The SMILES string of the molecule is Cc1nc(C)c([C@H](C)C(=O)O)c(N2CCC(C)(C)CC2)c1-c1ccc2c(c1)CCN(c1cc(N3CCCC3)ncn1)C2. The van der Waals surface area contributed by atoms with Crippen molar-refractivity contribution in [3.63, 3.8) is 0 Å². The number of rotatable bonds is 6. The minimum absolute atomic E-state index is 0.295. The third-order valence-corrected chi connectivity index (χ3v) is 9.72. The molecule has 0 saturated carbocycles. The largest absolute Gasteiger partial charge is 0.481 e. The zero-order valence-electron chi connectivity index (χ0n) is 25.8. The summed E-state index contributed by atoms with van der Waals surface area (Å²) in [5.41, 5.74) is 8.86. The van der Waals surface area contributed by atoms with Gasteiger partial charge in [0.1, 0.15) is 18.0 Å². The van der Waals surface area contributed by atoms with Gasteiger partial charge in [-0.25, -0.2) is 9.97 Å². The molecular formula is C34H44N6O2. The van der Waals surface area contributed by atoms with E-state index in [1.807, 2.05) is 6.92 Å². The quantitative estimate of drug-likeness (QED) is 0.380. The molecule has 42 heavy (non-hydrogen) atoms. The van der Waals surface area contributed by atoms with Crippen LogP contribution in [0, 0.1) is 19.3 Å². The van der Waals surface area contributed by atoms with Crippen LogP contribution in [0.3, 0.4) is 0 Å². The van der Waals surface area contributed by atoms with Gasteiger partial charge in [-0.1, -0.05) is 32.0 Å². The van der Waals surface area contributed by atoms with E-state index in [9.17, 15) is 9.90 Å². The molecule has 1 atom stereocenters. The highest BCUT2D eigenvalue weighted by atomic mass is 16.4. The van der Waals surface area contributed by atoms with Gasteiger partial charge in [0, 0.05) is 67.8 Å². The average Bonchev–Trinajstić information content (AvgIpc) is 3.51. The molecule has 0 unspecified atom stereocenters. The monoisotopic (exact) mass is 568 g/mol. The number of aliphatic carboxylic acids is 1. The topological polar surface area (TPSA) is 85.7 Å². The van der Waals surface area contributed by atoms with Gasteiger partial charge in [-0.2, -0.15) is 0 Å². The first-order chi connectivity index (χ1) is 20.1. The Kier molecular flexibility index (Phi) is 7.58. The van der Waals surface area contributed by atoms with Crippen LogP contribution in [0.4, 0.5) is 17.3 Å². The first-order valence-corrected chi connectivity index (χ1v) is 15.5. The molecule has 5 heterocycles. The molecule has 2 fully saturated rings. The van der Waals surface area contributed by atoms with Gasteiger partial charge in [0.15, 0.2) is 0 Å². The fourth-order valence-corrected chi connectivity index (χ4v) is 7.03. The Morgan fingerprint density at radius 2 is 1.57 bits per heavy atom. The lowest BCUT2D eigenvalue weighted by Gasteiger charge is -2.41. The number of anilines is 3. The summed E-state index contributed by atoms with van der Waals surface area (Å²) >= 11 is 0. The first-order valence-electron chi connectivity index (χ1n) is 15.5. The maximum atomic E-state index is 12.3. The van der Waals surface area contributed by atoms with Crippen molar-refractivity contribution >= 4 is 23.3 Å². The van der Waals surface area contributed by atoms with Gasteiger partial charge in [0.2, 0.25) is 0 Å². The van der Waals surface area contributed by atoms with Gasteiger partial charge < -0.3 is 19.8 Å². The Morgan fingerprint density at radius 1 is 0.881 bits per heavy atom. The van der Waals surface area contributed by atoms with E-state index < -0.39 is 11.9 Å². The summed E-state index contributed by atoms with van der Waals surface area (Å²) < 4.78 is 0. The van der Waals surface area contributed by atoms with Gasteiger partial charge >= 0.3 is 5.97 Å². The highest BCUT2D eigenvalue weighted by Crippen LogP contribution is 2.44. The Hall–Kier alpha value is -3.68. The first kappa shape index (κ1) is 28.4. The summed E-state index contributed by atoms with van der Waals surface area (Å²) in [6, 6.07) is 8.93. The predicted octanol–water partition coefficient (Wildman–Crippen LogP) is 6.13. The summed E-state index contributed by atoms with van der Waals surface area (Å²) in [7, 11) is 0. The van der Waals surface area contributed by atoms with Crippen molar-refractivity contribution in [1.29, 1.82) is 0 Å². The molecule has 0 aliphatic carbocycles. The molecular weight excluding hydrogens is 524 g/mol. The van der Waals surface area contributed by atoms with E-state index in [2.05, 4.69) is 69.7 Å². The van der Waals surface area contributed by atoms with E-state index in [1.54, 1.807) is 13.3 Å². The highest BCUT2D eigenvalue weighted by molar-refractivity contribution is 5.88. The van der Waals surface area contributed by atoms with Crippen LogP contribution in [0.25, 0.3) is 11.1 Å². The van der Waals surface area contributed by atoms with Crippen molar-refractivity contribution in [1.82, 2.24) is 15.0 Å². The summed E-state index contributed by atoms with van der Waals surface area (Å²) in [6.07, 6.45) is 7.24. The number of carboxylic acids is 1. The molecule has 0 spiro atoms. The molecule has 3 aliphatic rings. The van der Waals surface area contributed by atoms with E-state index in [0.717, 1.165) is 104 Å². The van der Waals surface area contributed by atoms with Crippen molar-refractivity contribution in [3.05, 3.63) is 58.7 Å². The molecule has 8 heteroatoms. The Morgan fingerprint density at radius 3 is 2.26 bits per heavy atom. The maximum absolute atomic E-state index is 12.3. The Bertz CT molecular complexity index is 1490. The number of carbonyl (C=O) groups is 1. The Labute approximate surface area is 249 Å². The van der Waals surface area contributed by atoms with E-state index in [4.69, 9.17) is 4.98 Å². The summed E-state index contributed by atoms with van der Waals surface area (Å²) in [6.45, 7) is 16.2. The van der Waals surface area contributed by atoms with E-state index in [1.165, 1.54) is 24.0 Å². The summed E-state index contributed by atoms with van der Waals surface area (Å²) in [5.74, 6) is 0.576. The number of fused-ring (bicyclic) bond motifs is 1. The van der Waals surface area contributed by atoms with Crippen molar-refractivity contribution in [3.8, 4) is 11.1 Å². The number of nitrogens with zero attached hydrogens (tertiary/aromatic N) is 6. The van der Waals surface area contributed by atoms with Crippen molar-refractivity contribution in [2.24, 2.45) is 5.41 Å². The van der Waals surface area contributed by atoms with Crippen molar-refractivity contribution < 1.29 is 9.90 Å². The second-order valence-corrected chi connectivity index (χ2v) is 13.2. The molecule has 222 valence electrons. The molecule has 0 radical (unpaired) electrons. The number of carboxylic acid groups (broad SMARTS) is 1. The number of aromatic nitrogens is 3.